The molecule has 1 aliphatic rings. The van der Waals surface area contributed by atoms with E-state index in [4.69, 9.17) is 5.11 Å². The molecule has 1 aliphatic carbocycles. The Balaban J connectivity index is 2.20. The number of aliphatic carboxylic acids is 1. The molecule has 0 bridgehead atoms. The average Bonchev–Trinajstić information content (AvgIpc) is 2.38. The first-order valence-corrected chi connectivity index (χ1v) is 7.04. The van der Waals surface area contributed by atoms with Crippen LogP contribution >= 0.6 is 0 Å². The molecular formula is C15H22N2O2. The lowest BCUT2D eigenvalue weighted by Crippen LogP contribution is -2.25. The van der Waals surface area contributed by atoms with Crippen LogP contribution in [0.1, 0.15) is 69.8 Å². The van der Waals surface area contributed by atoms with Crippen LogP contribution in [0.3, 0.4) is 0 Å². The molecule has 1 fully saturated rings. The van der Waals surface area contributed by atoms with Crippen molar-refractivity contribution >= 4 is 5.97 Å². The van der Waals surface area contributed by atoms with Gasteiger partial charge in [-0.3, -0.25) is 4.79 Å². The SMILES string of the molecule is CC(C)(CC(=O)O)c1nccc(C2CCCCC2)n1. The highest BCUT2D eigenvalue weighted by Crippen LogP contribution is 2.32. The van der Waals surface area contributed by atoms with Crippen molar-refractivity contribution < 1.29 is 9.90 Å². The van der Waals surface area contributed by atoms with E-state index in [9.17, 15) is 4.79 Å². The molecule has 1 aromatic rings. The Kier molecular flexibility index (Phi) is 4.17. The zero-order valence-corrected chi connectivity index (χ0v) is 11.7. The molecular weight excluding hydrogens is 240 g/mol. The van der Waals surface area contributed by atoms with Crippen molar-refractivity contribution in [2.45, 2.75) is 63.7 Å². The summed E-state index contributed by atoms with van der Waals surface area (Å²) in [7, 11) is 0. The highest BCUT2D eigenvalue weighted by atomic mass is 16.4. The number of rotatable bonds is 4. The van der Waals surface area contributed by atoms with Gasteiger partial charge in [0.2, 0.25) is 0 Å². The van der Waals surface area contributed by atoms with Crippen LogP contribution in [-0.4, -0.2) is 21.0 Å². The first-order chi connectivity index (χ1) is 8.99. The van der Waals surface area contributed by atoms with E-state index >= 15 is 0 Å². The van der Waals surface area contributed by atoms with Crippen molar-refractivity contribution in [3.63, 3.8) is 0 Å². The van der Waals surface area contributed by atoms with Gasteiger partial charge in [0.15, 0.2) is 0 Å². The predicted octanol–water partition coefficient (Wildman–Crippen LogP) is 3.28. The van der Waals surface area contributed by atoms with Gasteiger partial charge >= 0.3 is 5.97 Å². The van der Waals surface area contributed by atoms with Crippen LogP contribution in [0.4, 0.5) is 0 Å². The third kappa shape index (κ3) is 3.52. The summed E-state index contributed by atoms with van der Waals surface area (Å²) in [5.41, 5.74) is 0.569. The van der Waals surface area contributed by atoms with Crippen molar-refractivity contribution in [1.29, 1.82) is 0 Å². The maximum Gasteiger partial charge on any atom is 0.304 e. The lowest BCUT2D eigenvalue weighted by atomic mass is 9.85. The molecule has 1 N–H and O–H groups in total. The number of hydrogen-bond donors (Lipinski definition) is 1. The second kappa shape index (κ2) is 5.68. The first kappa shape index (κ1) is 14.0. The lowest BCUT2D eigenvalue weighted by Gasteiger charge is -2.24. The van der Waals surface area contributed by atoms with Gasteiger partial charge in [-0.05, 0) is 18.9 Å². The molecule has 0 radical (unpaired) electrons. The summed E-state index contributed by atoms with van der Waals surface area (Å²) in [6.07, 6.45) is 8.06. The number of carboxylic acid groups (broad SMARTS) is 1. The minimum Gasteiger partial charge on any atom is -0.481 e. The first-order valence-electron chi connectivity index (χ1n) is 7.04. The van der Waals surface area contributed by atoms with E-state index < -0.39 is 11.4 Å². The quantitative estimate of drug-likeness (QED) is 0.904. The molecule has 0 aliphatic heterocycles. The van der Waals surface area contributed by atoms with E-state index in [1.54, 1.807) is 6.20 Å². The molecule has 0 amide bonds. The second-order valence-corrected chi connectivity index (χ2v) is 6.09. The number of nitrogens with zero attached hydrogens (tertiary/aromatic N) is 2. The molecule has 4 nitrogen and oxygen atoms in total. The predicted molar refractivity (Wildman–Crippen MR) is 73.1 cm³/mol. The molecule has 0 unspecified atom stereocenters. The molecule has 1 aromatic heterocycles. The van der Waals surface area contributed by atoms with E-state index in [1.807, 2.05) is 19.9 Å². The fourth-order valence-electron chi connectivity index (χ4n) is 2.78. The molecule has 0 spiro atoms. The van der Waals surface area contributed by atoms with Crippen LogP contribution in [0.15, 0.2) is 12.3 Å². The van der Waals surface area contributed by atoms with Gasteiger partial charge in [0.1, 0.15) is 5.82 Å². The molecule has 2 rings (SSSR count). The van der Waals surface area contributed by atoms with Gasteiger partial charge in [-0.1, -0.05) is 33.1 Å². The van der Waals surface area contributed by atoms with E-state index in [1.165, 1.54) is 32.1 Å². The molecule has 0 saturated heterocycles. The van der Waals surface area contributed by atoms with Gasteiger partial charge in [-0.15, -0.1) is 0 Å². The Morgan fingerprint density at radius 3 is 2.68 bits per heavy atom. The van der Waals surface area contributed by atoms with E-state index in [0.29, 0.717) is 11.7 Å². The Labute approximate surface area is 114 Å². The molecule has 19 heavy (non-hydrogen) atoms. The Hall–Kier alpha value is -1.45. The highest BCUT2D eigenvalue weighted by molar-refractivity contribution is 5.68. The van der Waals surface area contributed by atoms with E-state index in [0.717, 1.165) is 5.69 Å². The Bertz CT molecular complexity index is 451. The van der Waals surface area contributed by atoms with Crippen LogP contribution in [0.25, 0.3) is 0 Å². The smallest absolute Gasteiger partial charge is 0.304 e. The topological polar surface area (TPSA) is 63.1 Å². The Morgan fingerprint density at radius 2 is 2.05 bits per heavy atom. The summed E-state index contributed by atoms with van der Waals surface area (Å²) in [4.78, 5) is 19.9. The molecule has 0 atom stereocenters. The number of carbonyl (C=O) groups is 1. The van der Waals surface area contributed by atoms with Crippen molar-refractivity contribution in [1.82, 2.24) is 9.97 Å². The molecule has 1 heterocycles. The standard InChI is InChI=1S/C15H22N2O2/c1-15(2,10-13(18)19)14-16-9-8-12(17-14)11-6-4-3-5-7-11/h8-9,11H,3-7,10H2,1-2H3,(H,18,19). The van der Waals surface area contributed by atoms with Gasteiger partial charge < -0.3 is 5.11 Å². The molecule has 0 aromatic carbocycles. The summed E-state index contributed by atoms with van der Waals surface area (Å²) >= 11 is 0. The van der Waals surface area contributed by atoms with Crippen molar-refractivity contribution in [2.24, 2.45) is 0 Å². The summed E-state index contributed by atoms with van der Waals surface area (Å²) in [5, 5.41) is 8.97. The van der Waals surface area contributed by atoms with Gasteiger partial charge in [0.05, 0.1) is 6.42 Å². The zero-order chi connectivity index (χ0) is 13.9. The van der Waals surface area contributed by atoms with Crippen LogP contribution in [0.2, 0.25) is 0 Å². The normalized spacial score (nSPS) is 17.4. The maximum absolute atomic E-state index is 10.9. The van der Waals surface area contributed by atoms with Crippen molar-refractivity contribution in [3.8, 4) is 0 Å². The molecule has 4 heteroatoms. The van der Waals surface area contributed by atoms with Crippen molar-refractivity contribution in [3.05, 3.63) is 23.8 Å². The second-order valence-electron chi connectivity index (χ2n) is 6.09. The number of carboxylic acids is 1. The third-order valence-electron chi connectivity index (χ3n) is 3.90. The number of hydrogen-bond acceptors (Lipinski definition) is 3. The van der Waals surface area contributed by atoms with Crippen LogP contribution in [0, 0.1) is 0 Å². The average molecular weight is 262 g/mol. The lowest BCUT2D eigenvalue weighted by molar-refractivity contribution is -0.138. The van der Waals surface area contributed by atoms with E-state index in [2.05, 4.69) is 9.97 Å². The minimum absolute atomic E-state index is 0.0567. The van der Waals surface area contributed by atoms with Gasteiger partial charge in [0.25, 0.3) is 0 Å². The fourth-order valence-corrected chi connectivity index (χ4v) is 2.78. The van der Waals surface area contributed by atoms with E-state index in [-0.39, 0.29) is 6.42 Å². The van der Waals surface area contributed by atoms with Gasteiger partial charge in [-0.2, -0.15) is 0 Å². The summed E-state index contributed by atoms with van der Waals surface area (Å²) in [6.45, 7) is 3.78. The van der Waals surface area contributed by atoms with Crippen LogP contribution in [-0.2, 0) is 10.2 Å². The Morgan fingerprint density at radius 1 is 1.37 bits per heavy atom. The van der Waals surface area contributed by atoms with Crippen LogP contribution in [0.5, 0.6) is 0 Å². The summed E-state index contributed by atoms with van der Waals surface area (Å²) in [5.74, 6) is 0.366. The largest absolute Gasteiger partial charge is 0.481 e. The van der Waals surface area contributed by atoms with Gasteiger partial charge in [-0.25, -0.2) is 9.97 Å². The zero-order valence-electron chi connectivity index (χ0n) is 11.7. The highest BCUT2D eigenvalue weighted by Gasteiger charge is 2.28. The molecule has 104 valence electrons. The summed E-state index contributed by atoms with van der Waals surface area (Å²) < 4.78 is 0. The maximum atomic E-state index is 10.9. The monoisotopic (exact) mass is 262 g/mol. The third-order valence-corrected chi connectivity index (χ3v) is 3.90. The minimum atomic E-state index is -0.809. The molecule has 1 saturated carbocycles. The fraction of sp³-hybridized carbons (Fsp3) is 0.667. The number of aromatic nitrogens is 2. The van der Waals surface area contributed by atoms with Crippen LogP contribution < -0.4 is 0 Å². The summed E-state index contributed by atoms with van der Waals surface area (Å²) in [6, 6.07) is 1.98. The van der Waals surface area contributed by atoms with Gasteiger partial charge in [0, 0.05) is 23.2 Å². The van der Waals surface area contributed by atoms with Crippen molar-refractivity contribution in [2.75, 3.05) is 0 Å².